The minimum Gasteiger partial charge on any atom is -0.207 e. The average Bonchev–Trinajstić information content (AvgIpc) is 2.26. The van der Waals surface area contributed by atoms with Gasteiger partial charge in [-0.15, -0.1) is 11.6 Å². The Bertz CT molecular complexity index is 570. The van der Waals surface area contributed by atoms with Crippen molar-refractivity contribution < 1.29 is 8.42 Å². The molecule has 0 saturated carbocycles. The maximum Gasteiger partial charge on any atom is 0.242 e. The summed E-state index contributed by atoms with van der Waals surface area (Å²) in [5.41, 5.74) is -0.232. The van der Waals surface area contributed by atoms with Crippen molar-refractivity contribution in [1.82, 2.24) is 4.72 Å². The first-order valence-electron chi connectivity index (χ1n) is 6.11. The number of sulfonamides is 1. The normalized spacial score (nSPS) is 14.3. The highest BCUT2D eigenvalue weighted by Crippen LogP contribution is 2.28. The van der Waals surface area contributed by atoms with E-state index in [1.807, 2.05) is 20.8 Å². The van der Waals surface area contributed by atoms with Crippen LogP contribution < -0.4 is 4.72 Å². The molecule has 1 aromatic rings. The van der Waals surface area contributed by atoms with Gasteiger partial charge in [-0.25, -0.2) is 13.1 Å². The van der Waals surface area contributed by atoms with Crippen LogP contribution in [0, 0.1) is 5.41 Å². The molecule has 1 aromatic carbocycles. The Morgan fingerprint density at radius 2 is 1.95 bits per heavy atom. The van der Waals surface area contributed by atoms with Crippen molar-refractivity contribution in [3.63, 3.8) is 0 Å². The van der Waals surface area contributed by atoms with Crippen LogP contribution in [0.5, 0.6) is 0 Å². The van der Waals surface area contributed by atoms with Crippen molar-refractivity contribution >= 4 is 49.2 Å². The Kier molecular flexibility index (Phi) is 6.35. The second-order valence-electron chi connectivity index (χ2n) is 5.59. The quantitative estimate of drug-likeness (QED) is 0.740. The van der Waals surface area contributed by atoms with E-state index in [-0.39, 0.29) is 21.4 Å². The van der Waals surface area contributed by atoms with Gasteiger partial charge in [-0.05, 0) is 30.0 Å². The van der Waals surface area contributed by atoms with Crippen molar-refractivity contribution in [2.24, 2.45) is 5.41 Å². The van der Waals surface area contributed by atoms with E-state index in [0.29, 0.717) is 12.3 Å². The fraction of sp³-hybridized carbons (Fsp3) is 0.538. The highest BCUT2D eigenvalue weighted by Gasteiger charge is 2.30. The molecule has 1 N–H and O–H groups in total. The predicted octanol–water partition coefficient (Wildman–Crippen LogP) is 4.42. The number of alkyl halides is 1. The predicted molar refractivity (Wildman–Crippen MR) is 88.1 cm³/mol. The maximum atomic E-state index is 12.4. The first-order valence-corrected chi connectivity index (χ1v) is 9.30. The fourth-order valence-corrected chi connectivity index (χ4v) is 4.45. The number of halogens is 3. The number of rotatable bonds is 5. The fourth-order valence-electron chi connectivity index (χ4n) is 1.72. The van der Waals surface area contributed by atoms with Gasteiger partial charge in [-0.1, -0.05) is 48.3 Å². The summed E-state index contributed by atoms with van der Waals surface area (Å²) in [5, 5.41) is 0.186. The highest BCUT2D eigenvalue weighted by molar-refractivity contribution is 9.10. The van der Waals surface area contributed by atoms with Crippen molar-refractivity contribution in [2.75, 3.05) is 5.88 Å². The van der Waals surface area contributed by atoms with Crippen molar-refractivity contribution in [3.8, 4) is 0 Å². The topological polar surface area (TPSA) is 46.2 Å². The molecule has 1 unspecified atom stereocenters. The molecule has 0 saturated heterocycles. The van der Waals surface area contributed by atoms with Crippen LogP contribution in [-0.4, -0.2) is 20.3 Å². The molecule has 20 heavy (non-hydrogen) atoms. The van der Waals surface area contributed by atoms with Crippen LogP contribution in [-0.2, 0) is 10.0 Å². The van der Waals surface area contributed by atoms with Crippen LogP contribution in [0.25, 0.3) is 0 Å². The second-order valence-corrected chi connectivity index (χ2v) is 8.98. The van der Waals surface area contributed by atoms with Crippen molar-refractivity contribution in [1.29, 1.82) is 0 Å². The SMILES string of the molecule is CC(C)(C)C(CCCl)NS(=O)(=O)c1ccc(Br)cc1Cl. The third-order valence-electron chi connectivity index (χ3n) is 2.92. The number of hydrogen-bond acceptors (Lipinski definition) is 2. The lowest BCUT2D eigenvalue weighted by Crippen LogP contribution is -2.44. The van der Waals surface area contributed by atoms with Gasteiger partial charge in [-0.2, -0.15) is 0 Å². The summed E-state index contributed by atoms with van der Waals surface area (Å²) in [7, 11) is -3.67. The van der Waals surface area contributed by atoms with Gasteiger partial charge in [0.25, 0.3) is 0 Å². The standard InChI is InChI=1S/C13H18BrCl2NO2S/c1-13(2,3)12(6-7-15)17-20(18,19)11-5-4-9(14)8-10(11)16/h4-5,8,12,17H,6-7H2,1-3H3. The summed E-state index contributed by atoms with van der Waals surface area (Å²) in [4.78, 5) is 0.0752. The van der Waals surface area contributed by atoms with Crippen LogP contribution in [0.2, 0.25) is 5.02 Å². The molecule has 0 aliphatic rings. The summed E-state index contributed by atoms with van der Waals surface area (Å²) in [5.74, 6) is 0.387. The van der Waals surface area contributed by atoms with Crippen LogP contribution in [0.4, 0.5) is 0 Å². The molecule has 3 nitrogen and oxygen atoms in total. The molecule has 0 aliphatic carbocycles. The number of nitrogens with one attached hydrogen (secondary N) is 1. The van der Waals surface area contributed by atoms with Crippen LogP contribution in [0.1, 0.15) is 27.2 Å². The van der Waals surface area contributed by atoms with Crippen LogP contribution in [0.15, 0.2) is 27.6 Å². The summed E-state index contributed by atoms with van der Waals surface area (Å²) in [6, 6.07) is 4.43. The Morgan fingerprint density at radius 3 is 2.40 bits per heavy atom. The number of hydrogen-bond donors (Lipinski definition) is 1. The smallest absolute Gasteiger partial charge is 0.207 e. The molecule has 7 heteroatoms. The molecule has 0 radical (unpaired) electrons. The van der Waals surface area contributed by atoms with E-state index in [0.717, 1.165) is 4.47 Å². The van der Waals surface area contributed by atoms with Gasteiger partial charge in [0, 0.05) is 16.4 Å². The highest BCUT2D eigenvalue weighted by atomic mass is 79.9. The lowest BCUT2D eigenvalue weighted by Gasteiger charge is -2.31. The van der Waals surface area contributed by atoms with Gasteiger partial charge in [0.1, 0.15) is 4.90 Å². The molecule has 0 amide bonds. The molecule has 0 fully saturated rings. The maximum absolute atomic E-state index is 12.4. The average molecular weight is 403 g/mol. The minimum atomic E-state index is -3.67. The van der Waals surface area contributed by atoms with Gasteiger partial charge < -0.3 is 0 Å². The van der Waals surface area contributed by atoms with Crippen molar-refractivity contribution in [3.05, 3.63) is 27.7 Å². The van der Waals surface area contributed by atoms with E-state index in [9.17, 15) is 8.42 Å². The molecule has 1 rings (SSSR count). The van der Waals surface area contributed by atoms with E-state index in [1.165, 1.54) is 6.07 Å². The van der Waals surface area contributed by atoms with E-state index >= 15 is 0 Å². The van der Waals surface area contributed by atoms with Crippen LogP contribution in [0.3, 0.4) is 0 Å². The van der Waals surface area contributed by atoms with Crippen molar-refractivity contribution in [2.45, 2.75) is 38.1 Å². The molecular formula is C13H18BrCl2NO2S. The monoisotopic (exact) mass is 401 g/mol. The largest absolute Gasteiger partial charge is 0.242 e. The summed E-state index contributed by atoms with van der Waals surface area (Å²) >= 11 is 15.0. The van der Waals surface area contributed by atoms with Crippen LogP contribution >= 0.6 is 39.1 Å². The third-order valence-corrected chi connectivity index (χ3v) is 5.59. The zero-order valence-electron chi connectivity index (χ0n) is 11.6. The second kappa shape index (κ2) is 6.97. The summed E-state index contributed by atoms with van der Waals surface area (Å²) in [6.07, 6.45) is 0.554. The molecule has 114 valence electrons. The molecular weight excluding hydrogens is 385 g/mol. The molecule has 0 aromatic heterocycles. The lowest BCUT2D eigenvalue weighted by atomic mass is 9.86. The number of benzene rings is 1. The van der Waals surface area contributed by atoms with Gasteiger partial charge >= 0.3 is 0 Å². The van der Waals surface area contributed by atoms with Gasteiger partial charge in [0.2, 0.25) is 10.0 Å². The zero-order valence-corrected chi connectivity index (χ0v) is 15.5. The van der Waals surface area contributed by atoms with Gasteiger partial charge in [-0.3, -0.25) is 0 Å². The lowest BCUT2D eigenvalue weighted by molar-refractivity contribution is 0.292. The molecule has 0 aliphatic heterocycles. The molecule has 0 bridgehead atoms. The zero-order chi connectivity index (χ0) is 15.6. The Balaban J connectivity index is 3.10. The minimum absolute atomic E-state index is 0.0752. The molecule has 1 atom stereocenters. The Hall–Kier alpha value is 0.190. The van der Waals surface area contributed by atoms with E-state index in [1.54, 1.807) is 12.1 Å². The Morgan fingerprint density at radius 1 is 1.35 bits per heavy atom. The van der Waals surface area contributed by atoms with Gasteiger partial charge in [0.05, 0.1) is 5.02 Å². The van der Waals surface area contributed by atoms with E-state index in [2.05, 4.69) is 20.7 Å². The summed E-state index contributed by atoms with van der Waals surface area (Å²) < 4.78 is 28.3. The molecule has 0 heterocycles. The molecule has 0 spiro atoms. The van der Waals surface area contributed by atoms with Gasteiger partial charge in [0.15, 0.2) is 0 Å². The first-order chi connectivity index (χ1) is 9.08. The third kappa shape index (κ3) is 4.88. The van der Waals surface area contributed by atoms with E-state index in [4.69, 9.17) is 23.2 Å². The Labute approximate surface area is 139 Å². The summed E-state index contributed by atoms with van der Waals surface area (Å²) in [6.45, 7) is 5.90. The van der Waals surface area contributed by atoms with E-state index < -0.39 is 10.0 Å². The first kappa shape index (κ1) is 18.2.